The fourth-order valence-electron chi connectivity index (χ4n) is 2.40. The zero-order valence-electron chi connectivity index (χ0n) is 11.0. The van der Waals surface area contributed by atoms with Gasteiger partial charge in [0.1, 0.15) is 0 Å². The average molecular weight is 284 g/mol. The van der Waals surface area contributed by atoms with Crippen LogP contribution in [0.4, 0.5) is 5.69 Å². The predicted molar refractivity (Wildman–Crippen MR) is 74.1 cm³/mol. The average Bonchev–Trinajstić information content (AvgIpc) is 3.15. The molecule has 21 heavy (non-hydrogen) atoms. The first-order valence-electron chi connectivity index (χ1n) is 6.43. The molecule has 9 nitrogen and oxygen atoms in total. The number of nitrogens with zero attached hydrogens (tertiary/aromatic N) is 7. The van der Waals surface area contributed by atoms with Crippen molar-refractivity contribution in [1.82, 2.24) is 20.6 Å². The number of aromatic amines is 1. The van der Waals surface area contributed by atoms with E-state index in [0.717, 1.165) is 11.3 Å². The molecular formula is C12H12N8O. The zero-order chi connectivity index (χ0) is 14.7. The van der Waals surface area contributed by atoms with E-state index in [-0.39, 0.29) is 11.8 Å². The molecular weight excluding hydrogens is 272 g/mol. The highest BCUT2D eigenvalue weighted by Gasteiger charge is 2.30. The Bertz CT molecular complexity index is 691. The van der Waals surface area contributed by atoms with E-state index in [1.54, 1.807) is 4.90 Å². The summed E-state index contributed by atoms with van der Waals surface area (Å²) < 4.78 is 0. The third-order valence-corrected chi connectivity index (χ3v) is 3.37. The number of aromatic nitrogens is 4. The molecule has 1 aromatic carbocycles. The Hall–Kier alpha value is -2.93. The van der Waals surface area contributed by atoms with Crippen molar-refractivity contribution in [3.05, 3.63) is 34.7 Å². The van der Waals surface area contributed by atoms with E-state index in [0.29, 0.717) is 25.3 Å². The second kappa shape index (κ2) is 5.59. The Labute approximate surface area is 119 Å². The highest BCUT2D eigenvalue weighted by Crippen LogP contribution is 2.28. The summed E-state index contributed by atoms with van der Waals surface area (Å²) in [6.07, 6.45) is 0.394. The third kappa shape index (κ3) is 2.67. The number of benzene rings is 1. The number of tetrazole rings is 1. The number of nitrogens with one attached hydrogen (secondary N) is 1. The van der Waals surface area contributed by atoms with Crippen LogP contribution in [0.1, 0.15) is 6.42 Å². The van der Waals surface area contributed by atoms with Gasteiger partial charge >= 0.3 is 0 Å². The molecule has 1 fully saturated rings. The topological polar surface area (TPSA) is 124 Å². The summed E-state index contributed by atoms with van der Waals surface area (Å²) in [5, 5.41) is 17.3. The molecule has 1 unspecified atom stereocenters. The van der Waals surface area contributed by atoms with Crippen LogP contribution in [0.25, 0.3) is 21.8 Å². The van der Waals surface area contributed by atoms with E-state index >= 15 is 0 Å². The summed E-state index contributed by atoms with van der Waals surface area (Å²) in [6, 6.07) is 7.40. The SMILES string of the molecule is [N-]=[N+]=NCC1CC(=O)N(c2cccc(-c3nn[nH]n3)c2)C1. The summed E-state index contributed by atoms with van der Waals surface area (Å²) in [5.41, 5.74) is 9.92. The van der Waals surface area contributed by atoms with Gasteiger partial charge in [0, 0.05) is 35.7 Å². The Kier molecular flexibility index (Phi) is 3.48. The van der Waals surface area contributed by atoms with Crippen molar-refractivity contribution in [2.75, 3.05) is 18.0 Å². The van der Waals surface area contributed by atoms with Crippen LogP contribution in [0, 0.1) is 5.92 Å². The van der Waals surface area contributed by atoms with Gasteiger partial charge in [-0.25, -0.2) is 0 Å². The zero-order valence-corrected chi connectivity index (χ0v) is 11.0. The van der Waals surface area contributed by atoms with Crippen LogP contribution in [0.3, 0.4) is 0 Å². The van der Waals surface area contributed by atoms with Gasteiger partial charge in [-0.15, -0.1) is 10.2 Å². The first-order valence-corrected chi connectivity index (χ1v) is 6.43. The molecule has 1 aliphatic rings. The second-order valence-electron chi connectivity index (χ2n) is 4.77. The molecule has 3 rings (SSSR count). The smallest absolute Gasteiger partial charge is 0.227 e. The van der Waals surface area contributed by atoms with E-state index < -0.39 is 0 Å². The van der Waals surface area contributed by atoms with Crippen LogP contribution < -0.4 is 4.90 Å². The number of H-pyrrole nitrogens is 1. The van der Waals surface area contributed by atoms with Crippen LogP contribution in [0.2, 0.25) is 0 Å². The number of azide groups is 1. The first-order chi connectivity index (χ1) is 10.3. The largest absolute Gasteiger partial charge is 0.312 e. The molecule has 1 atom stereocenters. The number of hydrogen-bond donors (Lipinski definition) is 1. The van der Waals surface area contributed by atoms with Crippen LogP contribution in [-0.2, 0) is 4.79 Å². The number of rotatable bonds is 4. The summed E-state index contributed by atoms with van der Waals surface area (Å²) in [5.74, 6) is 0.565. The second-order valence-corrected chi connectivity index (χ2v) is 4.77. The lowest BCUT2D eigenvalue weighted by atomic mass is 10.1. The van der Waals surface area contributed by atoms with Crippen molar-refractivity contribution in [2.45, 2.75) is 6.42 Å². The lowest BCUT2D eigenvalue weighted by molar-refractivity contribution is -0.117. The maximum atomic E-state index is 12.1. The van der Waals surface area contributed by atoms with Crippen molar-refractivity contribution in [2.24, 2.45) is 11.0 Å². The molecule has 9 heteroatoms. The standard InChI is InChI=1S/C12H12N8O/c13-17-14-6-8-4-11(21)20(7-8)10-3-1-2-9(5-10)12-15-18-19-16-12/h1-3,5,8H,4,6-7H2,(H,15,16,18,19). The van der Waals surface area contributed by atoms with Gasteiger partial charge in [-0.1, -0.05) is 17.2 Å². The van der Waals surface area contributed by atoms with Crippen molar-refractivity contribution in [3.63, 3.8) is 0 Å². The quantitative estimate of drug-likeness (QED) is 0.519. The minimum Gasteiger partial charge on any atom is -0.312 e. The fraction of sp³-hybridized carbons (Fsp3) is 0.333. The van der Waals surface area contributed by atoms with Gasteiger partial charge in [-0.05, 0) is 28.8 Å². The summed E-state index contributed by atoms with van der Waals surface area (Å²) in [7, 11) is 0. The summed E-state index contributed by atoms with van der Waals surface area (Å²) in [6.45, 7) is 0.886. The number of carbonyl (C=O) groups is 1. The number of amides is 1. The lowest BCUT2D eigenvalue weighted by Gasteiger charge is -2.17. The van der Waals surface area contributed by atoms with Crippen LogP contribution in [0.15, 0.2) is 29.4 Å². The Morgan fingerprint density at radius 1 is 1.52 bits per heavy atom. The van der Waals surface area contributed by atoms with Crippen molar-refractivity contribution < 1.29 is 4.79 Å². The first kappa shape index (κ1) is 13.1. The van der Waals surface area contributed by atoms with Gasteiger partial charge in [-0.3, -0.25) is 4.79 Å². The molecule has 1 amide bonds. The molecule has 1 aromatic heterocycles. The van der Waals surface area contributed by atoms with E-state index in [1.165, 1.54) is 0 Å². The van der Waals surface area contributed by atoms with E-state index in [9.17, 15) is 4.79 Å². The van der Waals surface area contributed by atoms with Crippen molar-refractivity contribution in [1.29, 1.82) is 0 Å². The normalized spacial score (nSPS) is 17.8. The van der Waals surface area contributed by atoms with E-state index in [4.69, 9.17) is 5.53 Å². The summed E-state index contributed by atoms with van der Waals surface area (Å²) >= 11 is 0. The molecule has 1 N–H and O–H groups in total. The number of carbonyl (C=O) groups excluding carboxylic acids is 1. The summed E-state index contributed by atoms with van der Waals surface area (Å²) in [4.78, 5) is 16.5. The molecule has 0 bridgehead atoms. The van der Waals surface area contributed by atoms with Gasteiger partial charge in [0.05, 0.1) is 0 Å². The highest BCUT2D eigenvalue weighted by atomic mass is 16.2. The lowest BCUT2D eigenvalue weighted by Crippen LogP contribution is -2.24. The molecule has 1 aliphatic heterocycles. The molecule has 1 saturated heterocycles. The highest BCUT2D eigenvalue weighted by molar-refractivity contribution is 5.96. The molecule has 0 saturated carbocycles. The van der Waals surface area contributed by atoms with Gasteiger partial charge in [0.2, 0.25) is 11.7 Å². The minimum absolute atomic E-state index is 0.0263. The van der Waals surface area contributed by atoms with E-state index in [1.807, 2.05) is 24.3 Å². The Balaban J connectivity index is 1.82. The van der Waals surface area contributed by atoms with Crippen molar-refractivity contribution >= 4 is 11.6 Å². The minimum atomic E-state index is 0.0263. The van der Waals surface area contributed by atoms with Gasteiger partial charge in [0.15, 0.2) is 0 Å². The number of anilines is 1. The van der Waals surface area contributed by atoms with Gasteiger partial charge < -0.3 is 4.90 Å². The van der Waals surface area contributed by atoms with Crippen molar-refractivity contribution in [3.8, 4) is 11.4 Å². The van der Waals surface area contributed by atoms with Crippen LogP contribution in [0.5, 0.6) is 0 Å². The van der Waals surface area contributed by atoms with Crippen LogP contribution >= 0.6 is 0 Å². The molecule has 0 radical (unpaired) electrons. The third-order valence-electron chi connectivity index (χ3n) is 3.37. The maximum Gasteiger partial charge on any atom is 0.227 e. The number of hydrogen-bond acceptors (Lipinski definition) is 5. The Morgan fingerprint density at radius 2 is 2.43 bits per heavy atom. The van der Waals surface area contributed by atoms with Gasteiger partial charge in [0.25, 0.3) is 0 Å². The molecule has 0 spiro atoms. The van der Waals surface area contributed by atoms with E-state index in [2.05, 4.69) is 30.7 Å². The molecule has 2 aromatic rings. The molecule has 2 heterocycles. The monoisotopic (exact) mass is 284 g/mol. The van der Waals surface area contributed by atoms with Gasteiger partial charge in [-0.2, -0.15) is 5.21 Å². The molecule has 0 aliphatic carbocycles. The molecule has 106 valence electrons. The van der Waals surface area contributed by atoms with Crippen LogP contribution in [-0.4, -0.2) is 39.6 Å². The maximum absolute atomic E-state index is 12.1. The Morgan fingerprint density at radius 3 is 3.19 bits per heavy atom. The predicted octanol–water partition coefficient (Wildman–Crippen LogP) is 1.53. The fourth-order valence-corrected chi connectivity index (χ4v) is 2.40.